The molecule has 0 saturated heterocycles. The fourth-order valence-electron chi connectivity index (χ4n) is 7.60. The van der Waals surface area contributed by atoms with E-state index in [0.717, 1.165) is 66.8 Å². The molecule has 7 aromatic rings. The summed E-state index contributed by atoms with van der Waals surface area (Å²) in [7, 11) is 0. The van der Waals surface area contributed by atoms with Crippen LogP contribution in [0.4, 0.5) is 22.9 Å². The van der Waals surface area contributed by atoms with Gasteiger partial charge in [0.05, 0.1) is 17.1 Å². The minimum absolute atomic E-state index is 0.143. The normalized spacial score (nSPS) is 20.8. The van der Waals surface area contributed by atoms with Crippen molar-refractivity contribution in [3.05, 3.63) is 115 Å². The number of benzene rings is 4. The number of rotatable bonds is 2. The first kappa shape index (κ1) is 23.7. The van der Waals surface area contributed by atoms with Crippen molar-refractivity contribution in [3.8, 4) is 0 Å². The maximum absolute atomic E-state index is 6.70. The van der Waals surface area contributed by atoms with Crippen LogP contribution in [0.15, 0.2) is 119 Å². The molecule has 5 heterocycles. The van der Waals surface area contributed by atoms with E-state index in [0.29, 0.717) is 0 Å². The molecule has 0 spiro atoms. The lowest BCUT2D eigenvalue weighted by atomic mass is 9.58. The number of para-hydroxylation sites is 3. The first-order valence-electron chi connectivity index (χ1n) is 14.5. The molecule has 0 saturated carbocycles. The number of hydrogen-bond acceptors (Lipinski definition) is 5. The Morgan fingerprint density at radius 1 is 0.690 bits per heavy atom. The van der Waals surface area contributed by atoms with Crippen LogP contribution < -0.4 is 9.80 Å². The number of furan rings is 2. The Hall–Kier alpha value is -5.03. The number of hydrogen-bond donors (Lipinski definition) is 0. The monoisotopic (exact) mass is 547 g/mol. The van der Waals surface area contributed by atoms with Crippen molar-refractivity contribution in [1.29, 1.82) is 0 Å². The highest BCUT2D eigenvalue weighted by molar-refractivity contribution is 6.13. The molecule has 5 nitrogen and oxygen atoms in total. The number of pyridine rings is 1. The fraction of sp³-hybridized carbons (Fsp3) is 0.162. The lowest BCUT2D eigenvalue weighted by Gasteiger charge is -2.56. The summed E-state index contributed by atoms with van der Waals surface area (Å²) in [5.41, 5.74) is 7.12. The van der Waals surface area contributed by atoms with E-state index in [1.165, 1.54) is 5.56 Å². The van der Waals surface area contributed by atoms with Crippen molar-refractivity contribution >= 4 is 66.8 Å². The molecular weight excluding hydrogens is 518 g/mol. The van der Waals surface area contributed by atoms with Gasteiger partial charge in [0.25, 0.3) is 0 Å². The minimum Gasteiger partial charge on any atom is -0.454 e. The molecule has 0 N–H and O–H groups in total. The van der Waals surface area contributed by atoms with Crippen LogP contribution in [-0.4, -0.2) is 11.1 Å². The van der Waals surface area contributed by atoms with Gasteiger partial charge in [0.1, 0.15) is 17.3 Å². The second-order valence-corrected chi connectivity index (χ2v) is 12.3. The third kappa shape index (κ3) is 2.67. The molecule has 0 fully saturated rings. The summed E-state index contributed by atoms with van der Waals surface area (Å²) in [5, 5.41) is 4.43. The van der Waals surface area contributed by atoms with Crippen molar-refractivity contribution in [3.63, 3.8) is 0 Å². The van der Waals surface area contributed by atoms with Crippen LogP contribution in [0.3, 0.4) is 0 Å². The highest BCUT2D eigenvalue weighted by Gasteiger charge is 2.60. The number of fused-ring (bicyclic) bond motifs is 12. The van der Waals surface area contributed by atoms with Crippen LogP contribution in [-0.2, 0) is 5.41 Å². The Bertz CT molecular complexity index is 2260. The predicted octanol–water partition coefficient (Wildman–Crippen LogP) is 9.98. The molecule has 2 aliphatic rings. The Balaban J connectivity index is 1.41. The van der Waals surface area contributed by atoms with Crippen molar-refractivity contribution in [2.24, 2.45) is 5.41 Å². The average molecular weight is 548 g/mol. The van der Waals surface area contributed by atoms with E-state index in [1.807, 2.05) is 36.5 Å². The molecule has 2 unspecified atom stereocenters. The predicted molar refractivity (Wildman–Crippen MR) is 171 cm³/mol. The van der Waals surface area contributed by atoms with Gasteiger partial charge in [-0.15, -0.1) is 6.58 Å². The standard InChI is InChI=1S/C37H29N3O2/c1-5-37(4)26-20-19-25-23-13-7-9-18-30(23)42-33(25)31(26)39-28-16-11-21-38-34(28)40(35(39)36(37,2)3)27-15-10-14-24-22-12-6-8-17-29(22)41-32(24)27/h5-21,35H,1H2,2-4H3. The molecule has 4 aromatic carbocycles. The van der Waals surface area contributed by atoms with Gasteiger partial charge in [-0.05, 0) is 35.9 Å². The van der Waals surface area contributed by atoms with Crippen molar-refractivity contribution < 1.29 is 8.83 Å². The maximum Gasteiger partial charge on any atom is 0.159 e. The van der Waals surface area contributed by atoms with Crippen molar-refractivity contribution in [1.82, 2.24) is 4.98 Å². The largest absolute Gasteiger partial charge is 0.454 e. The van der Waals surface area contributed by atoms with Crippen LogP contribution in [0.2, 0.25) is 0 Å². The summed E-state index contributed by atoms with van der Waals surface area (Å²) in [6.07, 6.45) is 3.86. The first-order valence-corrected chi connectivity index (χ1v) is 14.5. The highest BCUT2D eigenvalue weighted by Crippen LogP contribution is 2.64. The fourth-order valence-corrected chi connectivity index (χ4v) is 7.60. The zero-order valence-corrected chi connectivity index (χ0v) is 23.8. The van der Waals surface area contributed by atoms with Gasteiger partial charge in [0.15, 0.2) is 17.0 Å². The summed E-state index contributed by atoms with van der Waals surface area (Å²) in [5.74, 6) is 0.899. The molecule has 42 heavy (non-hydrogen) atoms. The molecule has 0 amide bonds. The quantitative estimate of drug-likeness (QED) is 0.202. The second-order valence-electron chi connectivity index (χ2n) is 12.3. The van der Waals surface area contributed by atoms with Crippen molar-refractivity contribution in [2.75, 3.05) is 9.80 Å². The molecule has 9 rings (SSSR count). The molecule has 0 radical (unpaired) electrons. The van der Waals surface area contributed by atoms with Gasteiger partial charge in [0.2, 0.25) is 0 Å². The van der Waals surface area contributed by atoms with Crippen LogP contribution in [0.25, 0.3) is 43.9 Å². The summed E-state index contributed by atoms with van der Waals surface area (Å²) in [6.45, 7) is 11.4. The maximum atomic E-state index is 6.70. The SMILES string of the molecule is C=CC1(C)c2ccc3c(oc4ccccc43)c2N2c3cccnc3N(c3cccc4c3oc3ccccc34)C2C1(C)C. The zero-order chi connectivity index (χ0) is 28.4. The number of aromatic nitrogens is 1. The van der Waals surface area contributed by atoms with Crippen LogP contribution in [0, 0.1) is 5.41 Å². The van der Waals surface area contributed by atoms with Crippen LogP contribution in [0.5, 0.6) is 0 Å². The van der Waals surface area contributed by atoms with Crippen LogP contribution in [0.1, 0.15) is 26.3 Å². The van der Waals surface area contributed by atoms with Gasteiger partial charge in [0, 0.05) is 38.6 Å². The molecule has 2 aliphatic heterocycles. The molecule has 3 aromatic heterocycles. The molecular formula is C37H29N3O2. The third-order valence-corrected chi connectivity index (χ3v) is 10.1. The Morgan fingerprint density at radius 2 is 1.33 bits per heavy atom. The second kappa shape index (κ2) is 7.83. The molecule has 2 atom stereocenters. The number of anilines is 4. The van der Waals surface area contributed by atoms with E-state index in [9.17, 15) is 0 Å². The summed E-state index contributed by atoms with van der Waals surface area (Å²) in [6, 6.07) is 31.6. The lowest BCUT2D eigenvalue weighted by Crippen LogP contribution is -2.60. The smallest absolute Gasteiger partial charge is 0.159 e. The van der Waals surface area contributed by atoms with Crippen LogP contribution >= 0.6 is 0 Å². The zero-order valence-electron chi connectivity index (χ0n) is 23.8. The molecule has 5 heteroatoms. The molecule has 0 bridgehead atoms. The van der Waals surface area contributed by atoms with E-state index in [2.05, 4.69) is 104 Å². The van der Waals surface area contributed by atoms with Gasteiger partial charge in [-0.3, -0.25) is 4.90 Å². The highest BCUT2D eigenvalue weighted by atomic mass is 16.3. The molecule has 204 valence electrons. The topological polar surface area (TPSA) is 45.7 Å². The van der Waals surface area contributed by atoms with Gasteiger partial charge in [-0.25, -0.2) is 4.98 Å². The van der Waals surface area contributed by atoms with E-state index < -0.39 is 5.41 Å². The summed E-state index contributed by atoms with van der Waals surface area (Å²) >= 11 is 0. The van der Waals surface area contributed by atoms with Gasteiger partial charge >= 0.3 is 0 Å². The minimum atomic E-state index is -0.390. The Kier molecular flexibility index (Phi) is 4.41. The number of nitrogens with zero attached hydrogens (tertiary/aromatic N) is 3. The average Bonchev–Trinajstić information content (AvgIpc) is 3.69. The van der Waals surface area contributed by atoms with Crippen molar-refractivity contribution in [2.45, 2.75) is 32.4 Å². The third-order valence-electron chi connectivity index (χ3n) is 10.1. The van der Waals surface area contributed by atoms with E-state index in [4.69, 9.17) is 13.8 Å². The van der Waals surface area contributed by atoms with Gasteiger partial charge in [-0.1, -0.05) is 87.5 Å². The Labute approximate surface area is 243 Å². The van der Waals surface area contributed by atoms with E-state index in [1.54, 1.807) is 0 Å². The Morgan fingerprint density at radius 3 is 2.07 bits per heavy atom. The number of allylic oxidation sites excluding steroid dienone is 1. The van der Waals surface area contributed by atoms with E-state index in [-0.39, 0.29) is 11.6 Å². The summed E-state index contributed by atoms with van der Waals surface area (Å²) in [4.78, 5) is 9.86. The first-order chi connectivity index (χ1) is 20.4. The molecule has 0 aliphatic carbocycles. The van der Waals surface area contributed by atoms with E-state index >= 15 is 0 Å². The van der Waals surface area contributed by atoms with Gasteiger partial charge < -0.3 is 13.7 Å². The van der Waals surface area contributed by atoms with Gasteiger partial charge in [-0.2, -0.15) is 0 Å². The summed E-state index contributed by atoms with van der Waals surface area (Å²) < 4.78 is 13.3. The lowest BCUT2D eigenvalue weighted by molar-refractivity contribution is 0.171.